The molecule has 2 aromatic carbocycles. The highest BCUT2D eigenvalue weighted by atomic mass is 32.2. The lowest BCUT2D eigenvalue weighted by atomic mass is 10.0. The molecule has 0 bridgehead atoms. The minimum Gasteiger partial charge on any atom is -0.497 e. The lowest BCUT2D eigenvalue weighted by Gasteiger charge is -2.37. The molecular weight excluding hydrogens is 536 g/mol. The van der Waals surface area contributed by atoms with E-state index in [-0.39, 0.29) is 42.6 Å². The average molecular weight is 571 g/mol. The number of aryl methyl sites for hydroxylation is 1. The van der Waals surface area contributed by atoms with Gasteiger partial charge in [-0.2, -0.15) is 4.31 Å². The topological polar surface area (TPSA) is 85.4 Å². The molecule has 1 fully saturated rings. The maximum Gasteiger partial charge on any atom is 0.243 e. The zero-order valence-electron chi connectivity index (χ0n) is 22.2. The highest BCUT2D eigenvalue weighted by Gasteiger charge is 2.36. The Balaban J connectivity index is 1.38. The standard InChI is InChI=1S/C29H34N2O6S2/c1-21-8-10-25(11-9-21)39(33,34)30(18-24-7-4-15-36-24)19-29(32)31-14-12-28-26(13-16-38-28)27(31)20-37-23-6-3-5-22(17-23)35-2/h3,5-6,8-11,13,16-17,24,27H,4,7,12,14-15,18-20H2,1-2H3/t24-,27+/m0/s1. The van der Waals surface area contributed by atoms with Crippen LogP contribution >= 0.6 is 11.3 Å². The van der Waals surface area contributed by atoms with E-state index in [0.717, 1.165) is 30.4 Å². The van der Waals surface area contributed by atoms with Crippen LogP contribution in [0.4, 0.5) is 0 Å². The average Bonchev–Trinajstić information content (AvgIpc) is 3.64. The Labute approximate surface area is 234 Å². The quantitative estimate of drug-likeness (QED) is 0.358. The van der Waals surface area contributed by atoms with E-state index in [1.165, 1.54) is 9.18 Å². The highest BCUT2D eigenvalue weighted by Crippen LogP contribution is 2.34. The van der Waals surface area contributed by atoms with E-state index in [1.807, 2.05) is 36.6 Å². The number of rotatable bonds is 10. The maximum absolute atomic E-state index is 13.9. The number of amides is 1. The number of nitrogens with zero attached hydrogens (tertiary/aromatic N) is 2. The number of hydrogen-bond acceptors (Lipinski definition) is 7. The summed E-state index contributed by atoms with van der Waals surface area (Å²) in [7, 11) is -2.30. The molecule has 39 heavy (non-hydrogen) atoms. The summed E-state index contributed by atoms with van der Waals surface area (Å²) in [5, 5.41) is 2.03. The van der Waals surface area contributed by atoms with E-state index < -0.39 is 10.0 Å². The van der Waals surface area contributed by atoms with Gasteiger partial charge in [-0.15, -0.1) is 11.3 Å². The number of carbonyl (C=O) groups is 1. The zero-order chi connectivity index (χ0) is 27.4. The Morgan fingerprint density at radius 1 is 1.15 bits per heavy atom. The first kappa shape index (κ1) is 27.6. The summed E-state index contributed by atoms with van der Waals surface area (Å²) in [4.78, 5) is 17.0. The summed E-state index contributed by atoms with van der Waals surface area (Å²) in [6.45, 7) is 3.15. The smallest absolute Gasteiger partial charge is 0.243 e. The summed E-state index contributed by atoms with van der Waals surface area (Å²) in [5.41, 5.74) is 2.02. The Kier molecular flexibility index (Phi) is 8.56. The van der Waals surface area contributed by atoms with Gasteiger partial charge in [0.25, 0.3) is 0 Å². The van der Waals surface area contributed by atoms with Crippen LogP contribution in [-0.2, 0) is 26.0 Å². The van der Waals surface area contributed by atoms with Crippen LogP contribution in [0.15, 0.2) is 64.9 Å². The number of methoxy groups -OCH3 is 1. The molecule has 0 aliphatic carbocycles. The van der Waals surface area contributed by atoms with Gasteiger partial charge in [-0.05, 0) is 67.5 Å². The van der Waals surface area contributed by atoms with Crippen LogP contribution in [0, 0.1) is 6.92 Å². The van der Waals surface area contributed by atoms with Gasteiger partial charge in [0.2, 0.25) is 15.9 Å². The molecule has 208 valence electrons. The third kappa shape index (κ3) is 6.30. The molecule has 1 aromatic heterocycles. The lowest BCUT2D eigenvalue weighted by Crippen LogP contribution is -2.49. The molecule has 2 atom stereocenters. The van der Waals surface area contributed by atoms with Crippen molar-refractivity contribution in [2.45, 2.75) is 43.2 Å². The van der Waals surface area contributed by atoms with Crippen LogP contribution < -0.4 is 9.47 Å². The predicted molar refractivity (Wildman–Crippen MR) is 150 cm³/mol. The van der Waals surface area contributed by atoms with Crippen LogP contribution in [-0.4, -0.2) is 69.6 Å². The maximum atomic E-state index is 13.9. The van der Waals surface area contributed by atoms with Gasteiger partial charge < -0.3 is 19.1 Å². The fourth-order valence-corrected chi connectivity index (χ4v) is 7.45. The number of sulfonamides is 1. The molecule has 1 saturated heterocycles. The first-order chi connectivity index (χ1) is 18.8. The number of carbonyl (C=O) groups excluding carboxylic acids is 1. The number of thiophene rings is 1. The van der Waals surface area contributed by atoms with Crippen LogP contribution in [0.2, 0.25) is 0 Å². The number of ether oxygens (including phenoxy) is 3. The normalized spacial score (nSPS) is 19.2. The predicted octanol–water partition coefficient (Wildman–Crippen LogP) is 4.44. The van der Waals surface area contributed by atoms with Crippen molar-refractivity contribution in [3.05, 3.63) is 76.0 Å². The summed E-state index contributed by atoms with van der Waals surface area (Å²) in [6, 6.07) is 15.8. The van der Waals surface area contributed by atoms with Crippen molar-refractivity contribution < 1.29 is 27.4 Å². The van der Waals surface area contributed by atoms with E-state index in [2.05, 4.69) is 0 Å². The molecule has 3 aromatic rings. The van der Waals surface area contributed by atoms with Crippen molar-refractivity contribution in [3.8, 4) is 11.5 Å². The van der Waals surface area contributed by atoms with E-state index in [1.54, 1.807) is 53.7 Å². The Morgan fingerprint density at radius 3 is 2.69 bits per heavy atom. The van der Waals surface area contributed by atoms with E-state index in [4.69, 9.17) is 14.2 Å². The van der Waals surface area contributed by atoms with Crippen molar-refractivity contribution >= 4 is 27.3 Å². The summed E-state index contributed by atoms with van der Waals surface area (Å²) < 4.78 is 45.9. The van der Waals surface area contributed by atoms with Crippen molar-refractivity contribution in [2.75, 3.05) is 40.0 Å². The third-order valence-electron chi connectivity index (χ3n) is 7.27. The molecule has 10 heteroatoms. The highest BCUT2D eigenvalue weighted by molar-refractivity contribution is 7.89. The van der Waals surface area contributed by atoms with Gasteiger partial charge in [0.1, 0.15) is 18.1 Å². The summed E-state index contributed by atoms with van der Waals surface area (Å²) in [5.74, 6) is 1.08. The van der Waals surface area contributed by atoms with E-state index in [0.29, 0.717) is 24.7 Å². The largest absolute Gasteiger partial charge is 0.497 e. The first-order valence-corrected chi connectivity index (χ1v) is 15.5. The van der Waals surface area contributed by atoms with Crippen LogP contribution in [0.3, 0.4) is 0 Å². The minimum atomic E-state index is -3.91. The van der Waals surface area contributed by atoms with Gasteiger partial charge in [-0.3, -0.25) is 4.79 Å². The molecule has 5 rings (SSSR count). The van der Waals surface area contributed by atoms with Gasteiger partial charge in [0.15, 0.2) is 0 Å². The van der Waals surface area contributed by atoms with Crippen LogP contribution in [0.25, 0.3) is 0 Å². The Morgan fingerprint density at radius 2 is 1.95 bits per heavy atom. The lowest BCUT2D eigenvalue weighted by molar-refractivity contribution is -0.135. The second-order valence-electron chi connectivity index (χ2n) is 9.89. The van der Waals surface area contributed by atoms with Crippen LogP contribution in [0.1, 0.15) is 34.9 Å². The number of benzene rings is 2. The minimum absolute atomic E-state index is 0.143. The SMILES string of the molecule is COc1cccc(OC[C@@H]2c3ccsc3CCN2C(=O)CN(C[C@@H]2CCCO2)S(=O)(=O)c2ccc(C)cc2)c1. The Hall–Kier alpha value is -2.92. The van der Waals surface area contributed by atoms with Gasteiger partial charge in [-0.1, -0.05) is 23.8 Å². The molecule has 1 amide bonds. The number of fused-ring (bicyclic) bond motifs is 1. The van der Waals surface area contributed by atoms with Gasteiger partial charge in [0, 0.05) is 30.6 Å². The summed E-state index contributed by atoms with van der Waals surface area (Å²) >= 11 is 1.67. The fourth-order valence-electron chi connectivity index (χ4n) is 5.10. The molecule has 2 aliphatic rings. The van der Waals surface area contributed by atoms with Gasteiger partial charge in [-0.25, -0.2) is 8.42 Å². The second-order valence-corrected chi connectivity index (χ2v) is 12.8. The molecule has 0 saturated carbocycles. The molecule has 3 heterocycles. The summed E-state index contributed by atoms with van der Waals surface area (Å²) in [6.07, 6.45) is 2.15. The molecule has 8 nitrogen and oxygen atoms in total. The van der Waals surface area contributed by atoms with Crippen molar-refractivity contribution in [3.63, 3.8) is 0 Å². The van der Waals surface area contributed by atoms with Crippen molar-refractivity contribution in [2.24, 2.45) is 0 Å². The van der Waals surface area contributed by atoms with Gasteiger partial charge >= 0.3 is 0 Å². The monoisotopic (exact) mass is 570 g/mol. The molecular formula is C29H34N2O6S2. The van der Waals surface area contributed by atoms with Crippen molar-refractivity contribution in [1.29, 1.82) is 0 Å². The van der Waals surface area contributed by atoms with E-state index >= 15 is 0 Å². The third-order valence-corrected chi connectivity index (χ3v) is 10.1. The molecule has 0 unspecified atom stereocenters. The zero-order valence-corrected chi connectivity index (χ0v) is 23.9. The Bertz CT molecular complexity index is 1380. The molecule has 0 spiro atoms. The first-order valence-electron chi connectivity index (χ1n) is 13.2. The van der Waals surface area contributed by atoms with Crippen molar-refractivity contribution in [1.82, 2.24) is 9.21 Å². The molecule has 0 N–H and O–H groups in total. The number of hydrogen-bond donors (Lipinski definition) is 0. The molecule has 0 radical (unpaired) electrons. The van der Waals surface area contributed by atoms with E-state index in [9.17, 15) is 13.2 Å². The van der Waals surface area contributed by atoms with Gasteiger partial charge in [0.05, 0.1) is 30.7 Å². The molecule has 2 aliphatic heterocycles. The second kappa shape index (κ2) is 12.1. The van der Waals surface area contributed by atoms with Crippen LogP contribution in [0.5, 0.6) is 11.5 Å². The fraction of sp³-hybridized carbons (Fsp3) is 0.414.